The maximum absolute atomic E-state index is 12.4. The summed E-state index contributed by atoms with van der Waals surface area (Å²) in [5.74, 6) is 0.647. The number of carbonyl (C=O) groups excluding carboxylic acids is 2. The van der Waals surface area contributed by atoms with Gasteiger partial charge in [0.15, 0.2) is 0 Å². The lowest BCUT2D eigenvalue weighted by molar-refractivity contribution is -0.126. The summed E-state index contributed by atoms with van der Waals surface area (Å²) in [7, 11) is 1.60. The van der Waals surface area contributed by atoms with Gasteiger partial charge in [0.1, 0.15) is 11.8 Å². The molecule has 1 saturated carbocycles. The molecule has 0 aliphatic heterocycles. The second-order valence-corrected chi connectivity index (χ2v) is 5.44. The van der Waals surface area contributed by atoms with Gasteiger partial charge in [-0.1, -0.05) is 12.8 Å². The molecule has 5 nitrogen and oxygen atoms in total. The van der Waals surface area contributed by atoms with Crippen molar-refractivity contribution in [3.8, 4) is 5.75 Å². The first kappa shape index (κ1) is 15.4. The number of anilines is 1. The van der Waals surface area contributed by atoms with Gasteiger partial charge in [-0.25, -0.2) is 0 Å². The van der Waals surface area contributed by atoms with Crippen molar-refractivity contribution in [1.82, 2.24) is 5.32 Å². The number of benzene rings is 1. The van der Waals surface area contributed by atoms with Crippen molar-refractivity contribution in [2.75, 3.05) is 12.4 Å². The van der Waals surface area contributed by atoms with Gasteiger partial charge in [0.2, 0.25) is 11.8 Å². The summed E-state index contributed by atoms with van der Waals surface area (Å²) in [6, 6.07) is 6.70. The first-order valence-electron chi connectivity index (χ1n) is 7.32. The van der Waals surface area contributed by atoms with E-state index < -0.39 is 6.04 Å². The van der Waals surface area contributed by atoms with Gasteiger partial charge in [-0.2, -0.15) is 0 Å². The third-order valence-electron chi connectivity index (χ3n) is 3.87. The average molecular weight is 290 g/mol. The van der Waals surface area contributed by atoms with E-state index in [0.29, 0.717) is 5.69 Å². The highest BCUT2D eigenvalue weighted by molar-refractivity contribution is 5.97. The van der Waals surface area contributed by atoms with Gasteiger partial charge in [-0.05, 0) is 43.0 Å². The molecule has 1 fully saturated rings. The Kier molecular flexibility index (Phi) is 5.20. The number of hydrogen-bond donors (Lipinski definition) is 2. The number of carbonyl (C=O) groups is 2. The number of rotatable bonds is 5. The Bertz CT molecular complexity index is 493. The van der Waals surface area contributed by atoms with E-state index in [1.165, 1.54) is 6.92 Å². The predicted octanol–water partition coefficient (Wildman–Crippen LogP) is 2.33. The van der Waals surface area contributed by atoms with Crippen LogP contribution in [0.15, 0.2) is 24.3 Å². The van der Waals surface area contributed by atoms with Gasteiger partial charge in [-0.3, -0.25) is 9.59 Å². The van der Waals surface area contributed by atoms with Crippen LogP contribution in [-0.2, 0) is 9.59 Å². The van der Waals surface area contributed by atoms with E-state index in [1.807, 2.05) is 0 Å². The molecule has 1 atom stereocenters. The van der Waals surface area contributed by atoms with Crippen LogP contribution >= 0.6 is 0 Å². The quantitative estimate of drug-likeness (QED) is 0.874. The van der Waals surface area contributed by atoms with Crippen LogP contribution < -0.4 is 15.4 Å². The van der Waals surface area contributed by atoms with Crippen LogP contribution in [0, 0.1) is 5.92 Å². The molecule has 0 saturated heterocycles. The maximum Gasteiger partial charge on any atom is 0.247 e. The molecule has 0 aromatic heterocycles. The summed E-state index contributed by atoms with van der Waals surface area (Å²) in [5, 5.41) is 5.66. The van der Waals surface area contributed by atoms with E-state index in [0.717, 1.165) is 31.4 Å². The molecule has 1 aromatic rings. The van der Waals surface area contributed by atoms with E-state index in [4.69, 9.17) is 4.74 Å². The van der Waals surface area contributed by atoms with Gasteiger partial charge >= 0.3 is 0 Å². The largest absolute Gasteiger partial charge is 0.497 e. The van der Waals surface area contributed by atoms with Crippen molar-refractivity contribution in [2.24, 2.45) is 5.92 Å². The minimum atomic E-state index is -0.452. The van der Waals surface area contributed by atoms with Gasteiger partial charge in [0.25, 0.3) is 0 Å². The average Bonchev–Trinajstić information content (AvgIpc) is 2.99. The second-order valence-electron chi connectivity index (χ2n) is 5.44. The number of methoxy groups -OCH3 is 1. The molecule has 21 heavy (non-hydrogen) atoms. The first-order valence-corrected chi connectivity index (χ1v) is 7.32. The van der Waals surface area contributed by atoms with Crippen molar-refractivity contribution in [3.63, 3.8) is 0 Å². The molecular formula is C16H22N2O3. The summed E-state index contributed by atoms with van der Waals surface area (Å²) in [4.78, 5) is 23.8. The zero-order valence-electron chi connectivity index (χ0n) is 12.5. The molecule has 5 heteroatoms. The zero-order chi connectivity index (χ0) is 15.2. The summed E-state index contributed by atoms with van der Waals surface area (Å²) < 4.78 is 5.09. The Hall–Kier alpha value is -2.04. The Morgan fingerprint density at radius 2 is 1.81 bits per heavy atom. The van der Waals surface area contributed by atoms with Crippen LogP contribution in [0.2, 0.25) is 0 Å². The van der Waals surface area contributed by atoms with Crippen LogP contribution in [0.5, 0.6) is 5.75 Å². The fourth-order valence-corrected chi connectivity index (χ4v) is 2.80. The highest BCUT2D eigenvalue weighted by Gasteiger charge is 2.31. The van der Waals surface area contributed by atoms with Gasteiger partial charge in [-0.15, -0.1) is 0 Å². The highest BCUT2D eigenvalue weighted by Crippen LogP contribution is 2.28. The zero-order valence-corrected chi connectivity index (χ0v) is 12.5. The fraction of sp³-hybridized carbons (Fsp3) is 0.500. The first-order chi connectivity index (χ1) is 10.1. The Morgan fingerprint density at radius 3 is 2.33 bits per heavy atom. The lowest BCUT2D eigenvalue weighted by atomic mass is 9.97. The summed E-state index contributed by atoms with van der Waals surface area (Å²) in [6.45, 7) is 1.45. The van der Waals surface area contributed by atoms with Gasteiger partial charge < -0.3 is 15.4 Å². The van der Waals surface area contributed by atoms with E-state index in [2.05, 4.69) is 10.6 Å². The van der Waals surface area contributed by atoms with E-state index in [-0.39, 0.29) is 17.7 Å². The van der Waals surface area contributed by atoms with Crippen molar-refractivity contribution in [1.29, 1.82) is 0 Å². The standard InChI is InChI=1S/C16H22N2O3/c1-11(19)17-15(12-5-3-4-6-12)16(20)18-13-7-9-14(21-2)10-8-13/h7-10,12,15H,3-6H2,1-2H3,(H,17,19)(H,18,20). The Labute approximate surface area is 125 Å². The van der Waals surface area contributed by atoms with Crippen LogP contribution in [0.4, 0.5) is 5.69 Å². The third-order valence-corrected chi connectivity index (χ3v) is 3.87. The molecule has 114 valence electrons. The second kappa shape index (κ2) is 7.11. The number of hydrogen-bond acceptors (Lipinski definition) is 3. The molecular weight excluding hydrogens is 268 g/mol. The third kappa shape index (κ3) is 4.21. The van der Waals surface area contributed by atoms with E-state index >= 15 is 0 Å². The molecule has 2 amide bonds. The van der Waals surface area contributed by atoms with Crippen LogP contribution in [0.25, 0.3) is 0 Å². The summed E-state index contributed by atoms with van der Waals surface area (Å²) in [5.41, 5.74) is 0.703. The Morgan fingerprint density at radius 1 is 1.19 bits per heavy atom. The molecule has 0 bridgehead atoms. The molecule has 2 rings (SSSR count). The van der Waals surface area contributed by atoms with Gasteiger partial charge in [0.05, 0.1) is 7.11 Å². The Balaban J connectivity index is 2.04. The molecule has 0 spiro atoms. The molecule has 1 unspecified atom stereocenters. The van der Waals surface area contributed by atoms with Crippen LogP contribution in [-0.4, -0.2) is 25.0 Å². The topological polar surface area (TPSA) is 67.4 Å². The molecule has 1 aliphatic rings. The molecule has 2 N–H and O–H groups in total. The highest BCUT2D eigenvalue weighted by atomic mass is 16.5. The van der Waals surface area contributed by atoms with Gasteiger partial charge in [0, 0.05) is 12.6 Å². The van der Waals surface area contributed by atoms with Crippen molar-refractivity contribution in [3.05, 3.63) is 24.3 Å². The smallest absolute Gasteiger partial charge is 0.247 e. The number of nitrogens with one attached hydrogen (secondary N) is 2. The number of ether oxygens (including phenoxy) is 1. The SMILES string of the molecule is COc1ccc(NC(=O)C(NC(C)=O)C2CCCC2)cc1. The minimum Gasteiger partial charge on any atom is -0.497 e. The fourth-order valence-electron chi connectivity index (χ4n) is 2.80. The van der Waals surface area contributed by atoms with Crippen LogP contribution in [0.3, 0.4) is 0 Å². The molecule has 1 aliphatic carbocycles. The van der Waals surface area contributed by atoms with E-state index in [1.54, 1.807) is 31.4 Å². The normalized spacial score (nSPS) is 16.3. The monoisotopic (exact) mass is 290 g/mol. The summed E-state index contributed by atoms with van der Waals surface area (Å²) >= 11 is 0. The van der Waals surface area contributed by atoms with Crippen molar-refractivity contribution < 1.29 is 14.3 Å². The molecule has 0 heterocycles. The van der Waals surface area contributed by atoms with Crippen molar-refractivity contribution >= 4 is 17.5 Å². The maximum atomic E-state index is 12.4. The number of amides is 2. The summed E-state index contributed by atoms with van der Waals surface area (Å²) in [6.07, 6.45) is 4.22. The lowest BCUT2D eigenvalue weighted by Crippen LogP contribution is -2.47. The predicted molar refractivity (Wildman–Crippen MR) is 81.2 cm³/mol. The molecule has 0 radical (unpaired) electrons. The van der Waals surface area contributed by atoms with Crippen molar-refractivity contribution in [2.45, 2.75) is 38.6 Å². The lowest BCUT2D eigenvalue weighted by Gasteiger charge is -2.23. The minimum absolute atomic E-state index is 0.151. The van der Waals surface area contributed by atoms with Crippen LogP contribution in [0.1, 0.15) is 32.6 Å². The molecule has 1 aromatic carbocycles. The van der Waals surface area contributed by atoms with E-state index in [9.17, 15) is 9.59 Å².